The summed E-state index contributed by atoms with van der Waals surface area (Å²) in [7, 11) is 0. The molecule has 0 aliphatic carbocycles. The van der Waals surface area contributed by atoms with Gasteiger partial charge in [-0.05, 0) is 13.3 Å². The molecule has 0 fully saturated rings. The molecule has 0 heterocycles. The summed E-state index contributed by atoms with van der Waals surface area (Å²) in [4.78, 5) is 0. The molecule has 0 bridgehead atoms. The monoisotopic (exact) mass is 176 g/mol. The standard InChI is InChI=1S/C4H7F.C3H6.2C2H6/c1-3-4(2)5;1-3-2;2*1-2/h2-3H2,1H3;3H,1H2,2H3;2*1-2H3. The fraction of sp³-hybridized carbons (Fsp3) is 0.636. The number of allylic oxidation sites excluding steroid dienone is 2. The van der Waals surface area contributed by atoms with E-state index in [1.165, 1.54) is 0 Å². The second-order valence-corrected chi connectivity index (χ2v) is 1.28. The van der Waals surface area contributed by atoms with Crippen molar-refractivity contribution in [2.45, 2.75) is 48.0 Å². The van der Waals surface area contributed by atoms with Gasteiger partial charge in [0.25, 0.3) is 0 Å². The molecule has 0 nitrogen and oxygen atoms in total. The first kappa shape index (κ1) is 22.5. The molecule has 0 aliphatic heterocycles. The molecule has 1 heteroatoms. The average Bonchev–Trinajstić information content (AvgIpc) is 2.13. The molecule has 0 aromatic rings. The van der Waals surface area contributed by atoms with Gasteiger partial charge in [-0.3, -0.25) is 0 Å². The van der Waals surface area contributed by atoms with Crippen LogP contribution in [0, 0.1) is 0 Å². The summed E-state index contributed by atoms with van der Waals surface area (Å²) in [6.07, 6.45) is 2.19. The maximum atomic E-state index is 11.2. The van der Waals surface area contributed by atoms with Crippen molar-refractivity contribution in [3.63, 3.8) is 0 Å². The molecule has 0 aliphatic rings. The van der Waals surface area contributed by atoms with Gasteiger partial charge in [0.15, 0.2) is 0 Å². The van der Waals surface area contributed by atoms with E-state index in [0.717, 1.165) is 0 Å². The van der Waals surface area contributed by atoms with Crippen LogP contribution in [-0.4, -0.2) is 0 Å². The SMILES string of the molecule is C=C(F)CC.C=CC.CC.CC. The van der Waals surface area contributed by atoms with Crippen LogP contribution in [0.5, 0.6) is 0 Å². The number of rotatable bonds is 1. The summed E-state index contributed by atoms with van der Waals surface area (Å²) in [5.41, 5.74) is 0. The van der Waals surface area contributed by atoms with E-state index in [9.17, 15) is 4.39 Å². The minimum absolute atomic E-state index is 0.245. The van der Waals surface area contributed by atoms with Gasteiger partial charge in [-0.1, -0.05) is 47.3 Å². The molecule has 0 atom stereocenters. The van der Waals surface area contributed by atoms with Crippen molar-refractivity contribution in [3.05, 3.63) is 25.1 Å². The fourth-order valence-electron chi connectivity index (χ4n) is 0. The van der Waals surface area contributed by atoms with Gasteiger partial charge in [0, 0.05) is 0 Å². The highest BCUT2D eigenvalue weighted by Crippen LogP contribution is 1.93. The highest BCUT2D eigenvalue weighted by Gasteiger charge is 1.73. The van der Waals surface area contributed by atoms with Gasteiger partial charge in [0.05, 0.1) is 5.83 Å². The van der Waals surface area contributed by atoms with Crippen LogP contribution < -0.4 is 0 Å². The van der Waals surface area contributed by atoms with E-state index in [-0.39, 0.29) is 5.83 Å². The van der Waals surface area contributed by atoms with E-state index in [0.29, 0.717) is 6.42 Å². The highest BCUT2D eigenvalue weighted by molar-refractivity contribution is 4.75. The first-order valence-corrected chi connectivity index (χ1v) is 4.59. The molecule has 12 heavy (non-hydrogen) atoms. The Hall–Kier alpha value is -0.590. The molecule has 0 unspecified atom stereocenters. The van der Waals surface area contributed by atoms with E-state index in [2.05, 4.69) is 13.2 Å². The predicted octanol–water partition coefficient (Wildman–Crippen LogP) is 5.12. The van der Waals surface area contributed by atoms with E-state index in [1.54, 1.807) is 13.0 Å². The van der Waals surface area contributed by atoms with Gasteiger partial charge in [-0.2, -0.15) is 0 Å². The van der Waals surface area contributed by atoms with Crippen molar-refractivity contribution in [1.82, 2.24) is 0 Å². The van der Waals surface area contributed by atoms with Crippen LogP contribution in [0.2, 0.25) is 0 Å². The number of hydrogen-bond acceptors (Lipinski definition) is 0. The molecule has 0 radical (unpaired) electrons. The zero-order chi connectivity index (χ0) is 11.0. The number of halogens is 1. The zero-order valence-corrected chi connectivity index (χ0v) is 9.58. The van der Waals surface area contributed by atoms with Crippen molar-refractivity contribution < 1.29 is 4.39 Å². The normalized spacial score (nSPS) is 5.25. The minimum Gasteiger partial charge on any atom is -0.212 e. The van der Waals surface area contributed by atoms with Crippen molar-refractivity contribution in [2.75, 3.05) is 0 Å². The average molecular weight is 176 g/mol. The Kier molecular flexibility index (Phi) is 88.9. The molecule has 0 aromatic heterocycles. The summed E-state index contributed by atoms with van der Waals surface area (Å²) >= 11 is 0. The van der Waals surface area contributed by atoms with Crippen LogP contribution in [-0.2, 0) is 0 Å². The summed E-state index contributed by atoms with van der Waals surface area (Å²) in [6, 6.07) is 0. The topological polar surface area (TPSA) is 0 Å². The number of hydrogen-bond donors (Lipinski definition) is 0. The molecule has 0 aromatic carbocycles. The lowest BCUT2D eigenvalue weighted by Gasteiger charge is -1.74. The molecule has 0 saturated heterocycles. The minimum atomic E-state index is -0.245. The zero-order valence-electron chi connectivity index (χ0n) is 9.58. The Morgan fingerprint density at radius 1 is 1.25 bits per heavy atom. The second kappa shape index (κ2) is 47.4. The van der Waals surface area contributed by atoms with Gasteiger partial charge in [-0.15, -0.1) is 6.58 Å². The fourth-order valence-corrected chi connectivity index (χ4v) is 0. The lowest BCUT2D eigenvalue weighted by molar-refractivity contribution is 0.609. The summed E-state index contributed by atoms with van der Waals surface area (Å²) in [5, 5.41) is 0. The Morgan fingerprint density at radius 3 is 1.33 bits per heavy atom. The van der Waals surface area contributed by atoms with Gasteiger partial charge in [-0.25, -0.2) is 4.39 Å². The van der Waals surface area contributed by atoms with Crippen LogP contribution in [0.3, 0.4) is 0 Å². The van der Waals surface area contributed by atoms with Crippen LogP contribution in [0.25, 0.3) is 0 Å². The first-order chi connectivity index (χ1) is 5.68. The Labute approximate surface area is 78.2 Å². The van der Waals surface area contributed by atoms with Crippen LogP contribution in [0.4, 0.5) is 4.39 Å². The third-order valence-corrected chi connectivity index (χ3v) is 0.384. The Balaban J connectivity index is -0.0000000397. The summed E-state index contributed by atoms with van der Waals surface area (Å²) in [5.74, 6) is -0.245. The van der Waals surface area contributed by atoms with E-state index in [4.69, 9.17) is 0 Å². The molecule has 0 saturated carbocycles. The van der Waals surface area contributed by atoms with Gasteiger partial charge < -0.3 is 0 Å². The van der Waals surface area contributed by atoms with Crippen LogP contribution in [0.1, 0.15) is 48.0 Å². The van der Waals surface area contributed by atoms with Crippen molar-refractivity contribution in [1.29, 1.82) is 0 Å². The van der Waals surface area contributed by atoms with Crippen molar-refractivity contribution >= 4 is 0 Å². The summed E-state index contributed by atoms with van der Waals surface area (Å²) in [6.45, 7) is 18.0. The lowest BCUT2D eigenvalue weighted by atomic mass is 10.5. The highest BCUT2D eigenvalue weighted by atomic mass is 19.1. The van der Waals surface area contributed by atoms with Gasteiger partial charge in [0.2, 0.25) is 0 Å². The lowest BCUT2D eigenvalue weighted by Crippen LogP contribution is -1.55. The third kappa shape index (κ3) is 335. The molecule has 0 amide bonds. The molecule has 0 rings (SSSR count). The molecule has 0 N–H and O–H groups in total. The maximum Gasteiger partial charge on any atom is 0.0925 e. The van der Waals surface area contributed by atoms with E-state index in [1.807, 2.05) is 34.6 Å². The Morgan fingerprint density at radius 2 is 1.33 bits per heavy atom. The second-order valence-electron chi connectivity index (χ2n) is 1.28. The van der Waals surface area contributed by atoms with E-state index < -0.39 is 0 Å². The Bertz CT molecular complexity index is 65.4. The molecule has 76 valence electrons. The van der Waals surface area contributed by atoms with Crippen molar-refractivity contribution in [3.8, 4) is 0 Å². The molecular formula is C11H25F. The van der Waals surface area contributed by atoms with E-state index >= 15 is 0 Å². The smallest absolute Gasteiger partial charge is 0.0925 e. The van der Waals surface area contributed by atoms with Gasteiger partial charge >= 0.3 is 0 Å². The first-order valence-electron chi connectivity index (χ1n) is 4.59. The quantitative estimate of drug-likeness (QED) is 0.486. The van der Waals surface area contributed by atoms with Crippen molar-refractivity contribution in [2.24, 2.45) is 0 Å². The van der Waals surface area contributed by atoms with Crippen LogP contribution in [0.15, 0.2) is 25.1 Å². The predicted molar refractivity (Wildman–Crippen MR) is 59.1 cm³/mol. The maximum absolute atomic E-state index is 11.2. The largest absolute Gasteiger partial charge is 0.212 e. The molecular weight excluding hydrogens is 151 g/mol. The van der Waals surface area contributed by atoms with Gasteiger partial charge in [0.1, 0.15) is 0 Å². The van der Waals surface area contributed by atoms with Crippen LogP contribution >= 0.6 is 0 Å². The third-order valence-electron chi connectivity index (χ3n) is 0.384. The summed E-state index contributed by atoms with van der Waals surface area (Å²) < 4.78 is 11.2. The molecule has 0 spiro atoms.